The second kappa shape index (κ2) is 7.05. The molecule has 118 valence electrons. The molecule has 0 aliphatic rings. The third-order valence-corrected chi connectivity index (χ3v) is 3.72. The van der Waals surface area contributed by atoms with E-state index in [4.69, 9.17) is 0 Å². The highest BCUT2D eigenvalue weighted by atomic mass is 16.1. The monoisotopic (exact) mass is 308 g/mol. The van der Waals surface area contributed by atoms with Gasteiger partial charge in [-0.15, -0.1) is 0 Å². The molecule has 0 aliphatic heterocycles. The van der Waals surface area contributed by atoms with Gasteiger partial charge in [-0.05, 0) is 36.6 Å². The molecule has 0 fully saturated rings. The number of aryl methyl sites for hydroxylation is 2. The van der Waals surface area contributed by atoms with Crippen LogP contribution in [0.4, 0.5) is 5.95 Å². The van der Waals surface area contributed by atoms with Crippen LogP contribution in [-0.2, 0) is 17.8 Å². The van der Waals surface area contributed by atoms with Gasteiger partial charge in [-0.2, -0.15) is 0 Å². The van der Waals surface area contributed by atoms with Gasteiger partial charge in [0.15, 0.2) is 0 Å². The van der Waals surface area contributed by atoms with Crippen LogP contribution in [0.3, 0.4) is 0 Å². The zero-order chi connectivity index (χ0) is 16.1. The van der Waals surface area contributed by atoms with E-state index in [0.29, 0.717) is 18.8 Å². The van der Waals surface area contributed by atoms with Crippen LogP contribution in [0.5, 0.6) is 0 Å². The number of amides is 1. The van der Waals surface area contributed by atoms with E-state index in [9.17, 15) is 4.79 Å². The van der Waals surface area contributed by atoms with Crippen molar-refractivity contribution >= 4 is 22.9 Å². The molecule has 5 heteroatoms. The summed E-state index contributed by atoms with van der Waals surface area (Å²) >= 11 is 0. The summed E-state index contributed by atoms with van der Waals surface area (Å²) in [5, 5.41) is 2.95. The van der Waals surface area contributed by atoms with Crippen LogP contribution in [0.25, 0.3) is 11.0 Å². The van der Waals surface area contributed by atoms with Gasteiger partial charge in [-0.25, -0.2) is 4.98 Å². The van der Waals surface area contributed by atoms with Crippen LogP contribution in [0.1, 0.15) is 25.3 Å². The molecule has 3 rings (SSSR count). The number of carbonyl (C=O) groups excluding carboxylic acids is 1. The molecule has 5 nitrogen and oxygen atoms in total. The Labute approximate surface area is 135 Å². The number of hydrogen-bond acceptors (Lipinski definition) is 3. The minimum Gasteiger partial charge on any atom is -0.310 e. The number of fused-ring (bicyclic) bond motifs is 1. The van der Waals surface area contributed by atoms with E-state index in [1.54, 1.807) is 12.4 Å². The third-order valence-electron chi connectivity index (χ3n) is 3.72. The number of nitrogens with one attached hydrogen (secondary N) is 1. The Morgan fingerprint density at radius 1 is 1.22 bits per heavy atom. The minimum atomic E-state index is -0.0264. The van der Waals surface area contributed by atoms with Crippen LogP contribution in [0.15, 0.2) is 48.8 Å². The fourth-order valence-electron chi connectivity index (χ4n) is 2.61. The zero-order valence-corrected chi connectivity index (χ0v) is 13.2. The Kier molecular flexibility index (Phi) is 4.66. The number of carbonyl (C=O) groups is 1. The minimum absolute atomic E-state index is 0.0264. The summed E-state index contributed by atoms with van der Waals surface area (Å²) in [4.78, 5) is 20.8. The Bertz CT molecular complexity index is 795. The SMILES string of the molecule is CCCn1c(NC(=O)CCc2cccnc2)nc2ccccc21. The number of anilines is 1. The topological polar surface area (TPSA) is 59.8 Å². The molecule has 23 heavy (non-hydrogen) atoms. The average Bonchev–Trinajstić information content (AvgIpc) is 2.92. The Morgan fingerprint density at radius 2 is 2.09 bits per heavy atom. The van der Waals surface area contributed by atoms with Gasteiger partial charge in [-0.3, -0.25) is 15.1 Å². The molecule has 0 atom stereocenters. The smallest absolute Gasteiger partial charge is 0.227 e. The van der Waals surface area contributed by atoms with Crippen LogP contribution in [0.2, 0.25) is 0 Å². The Hall–Kier alpha value is -2.69. The molecule has 0 saturated heterocycles. The number of rotatable bonds is 6. The maximum Gasteiger partial charge on any atom is 0.227 e. The second-order valence-electron chi connectivity index (χ2n) is 5.49. The summed E-state index contributed by atoms with van der Waals surface area (Å²) < 4.78 is 2.07. The van der Waals surface area contributed by atoms with Crippen molar-refractivity contribution in [1.82, 2.24) is 14.5 Å². The van der Waals surface area contributed by atoms with E-state index in [0.717, 1.165) is 29.6 Å². The first kappa shape index (κ1) is 15.2. The third kappa shape index (κ3) is 3.56. The first-order valence-electron chi connectivity index (χ1n) is 7.92. The van der Waals surface area contributed by atoms with E-state index >= 15 is 0 Å². The quantitative estimate of drug-likeness (QED) is 0.759. The molecule has 1 N–H and O–H groups in total. The van der Waals surface area contributed by atoms with Crippen molar-refractivity contribution in [3.63, 3.8) is 0 Å². The molecule has 0 bridgehead atoms. The van der Waals surface area contributed by atoms with E-state index < -0.39 is 0 Å². The molecular weight excluding hydrogens is 288 g/mol. The number of pyridine rings is 1. The molecule has 0 spiro atoms. The standard InChI is InChI=1S/C18H20N4O/c1-2-12-22-16-8-4-3-7-15(16)20-18(22)21-17(23)10-9-14-6-5-11-19-13-14/h3-8,11,13H,2,9-10,12H2,1H3,(H,20,21,23). The molecule has 2 aromatic heterocycles. The maximum absolute atomic E-state index is 12.2. The molecule has 1 aromatic carbocycles. The van der Waals surface area contributed by atoms with Gasteiger partial charge in [0.2, 0.25) is 11.9 Å². The van der Waals surface area contributed by atoms with E-state index in [1.807, 2.05) is 36.4 Å². The summed E-state index contributed by atoms with van der Waals surface area (Å²) in [5.41, 5.74) is 3.02. The van der Waals surface area contributed by atoms with Crippen LogP contribution in [0, 0.1) is 0 Å². The normalized spacial score (nSPS) is 10.8. The van der Waals surface area contributed by atoms with Gasteiger partial charge >= 0.3 is 0 Å². The Balaban J connectivity index is 1.72. The summed E-state index contributed by atoms with van der Waals surface area (Å²) in [6.45, 7) is 2.95. The fourth-order valence-corrected chi connectivity index (χ4v) is 2.61. The van der Waals surface area contributed by atoms with E-state index in [2.05, 4.69) is 26.8 Å². The Morgan fingerprint density at radius 3 is 2.87 bits per heavy atom. The number of benzene rings is 1. The van der Waals surface area contributed by atoms with Gasteiger partial charge < -0.3 is 4.57 Å². The van der Waals surface area contributed by atoms with Crippen LogP contribution >= 0.6 is 0 Å². The van der Waals surface area contributed by atoms with E-state index in [-0.39, 0.29) is 5.91 Å². The molecule has 1 amide bonds. The molecule has 0 aliphatic carbocycles. The van der Waals surface area contributed by atoms with Crippen LogP contribution < -0.4 is 5.32 Å². The summed E-state index contributed by atoms with van der Waals surface area (Å²) in [6, 6.07) is 11.8. The predicted molar refractivity (Wildman–Crippen MR) is 91.2 cm³/mol. The molecule has 0 radical (unpaired) electrons. The van der Waals surface area contributed by atoms with Crippen LogP contribution in [-0.4, -0.2) is 20.4 Å². The van der Waals surface area contributed by atoms with Crippen molar-refractivity contribution in [3.05, 3.63) is 54.4 Å². The first-order valence-corrected chi connectivity index (χ1v) is 7.92. The fraction of sp³-hybridized carbons (Fsp3) is 0.278. The van der Waals surface area contributed by atoms with Crippen molar-refractivity contribution in [2.75, 3.05) is 5.32 Å². The molecule has 2 heterocycles. The molecule has 3 aromatic rings. The van der Waals surface area contributed by atoms with Gasteiger partial charge in [0, 0.05) is 25.4 Å². The summed E-state index contributed by atoms with van der Waals surface area (Å²) in [7, 11) is 0. The van der Waals surface area contributed by atoms with Crippen molar-refractivity contribution in [1.29, 1.82) is 0 Å². The highest BCUT2D eigenvalue weighted by Gasteiger charge is 2.12. The van der Waals surface area contributed by atoms with Crippen molar-refractivity contribution in [3.8, 4) is 0 Å². The molecule has 0 saturated carbocycles. The number of aromatic nitrogens is 3. The predicted octanol–water partition coefficient (Wildman–Crippen LogP) is 3.41. The summed E-state index contributed by atoms with van der Waals surface area (Å²) in [5.74, 6) is 0.603. The van der Waals surface area contributed by atoms with Gasteiger partial charge in [-0.1, -0.05) is 25.1 Å². The largest absolute Gasteiger partial charge is 0.310 e. The maximum atomic E-state index is 12.2. The number of hydrogen-bond donors (Lipinski definition) is 1. The lowest BCUT2D eigenvalue weighted by atomic mass is 10.1. The number of nitrogens with zero attached hydrogens (tertiary/aromatic N) is 3. The lowest BCUT2D eigenvalue weighted by Crippen LogP contribution is -2.16. The van der Waals surface area contributed by atoms with Crippen molar-refractivity contribution < 1.29 is 4.79 Å². The lowest BCUT2D eigenvalue weighted by molar-refractivity contribution is -0.116. The summed E-state index contributed by atoms with van der Waals surface area (Å²) in [6.07, 6.45) is 5.60. The second-order valence-corrected chi connectivity index (χ2v) is 5.49. The lowest BCUT2D eigenvalue weighted by Gasteiger charge is -2.09. The highest BCUT2D eigenvalue weighted by Crippen LogP contribution is 2.20. The van der Waals surface area contributed by atoms with E-state index in [1.165, 1.54) is 0 Å². The molecular formula is C18H20N4O. The first-order chi connectivity index (χ1) is 11.3. The number of para-hydroxylation sites is 2. The highest BCUT2D eigenvalue weighted by molar-refractivity contribution is 5.91. The van der Waals surface area contributed by atoms with Crippen molar-refractivity contribution in [2.24, 2.45) is 0 Å². The average molecular weight is 308 g/mol. The van der Waals surface area contributed by atoms with Gasteiger partial charge in [0.05, 0.1) is 11.0 Å². The number of imidazole rings is 1. The van der Waals surface area contributed by atoms with Gasteiger partial charge in [0.1, 0.15) is 0 Å². The zero-order valence-electron chi connectivity index (χ0n) is 13.2. The van der Waals surface area contributed by atoms with Gasteiger partial charge in [0.25, 0.3) is 0 Å². The van der Waals surface area contributed by atoms with Crippen molar-refractivity contribution in [2.45, 2.75) is 32.7 Å². The molecule has 0 unspecified atom stereocenters.